The van der Waals surface area contributed by atoms with Crippen LogP contribution in [0.2, 0.25) is 0 Å². The first-order chi connectivity index (χ1) is 6.18. The van der Waals surface area contributed by atoms with Gasteiger partial charge in [0, 0.05) is 5.38 Å². The fraction of sp³-hybridized carbons (Fsp3) is 0.455. The Bertz CT molecular complexity index is 241. The van der Waals surface area contributed by atoms with Crippen molar-refractivity contribution in [3.63, 3.8) is 0 Å². The summed E-state index contributed by atoms with van der Waals surface area (Å²) in [7, 11) is 0. The van der Waals surface area contributed by atoms with E-state index in [-0.39, 0.29) is 11.2 Å². The van der Waals surface area contributed by atoms with Gasteiger partial charge in [-0.05, 0) is 43.9 Å². The van der Waals surface area contributed by atoms with Crippen LogP contribution in [0.1, 0.15) is 25.3 Å². The van der Waals surface area contributed by atoms with Crippen LogP contribution in [-0.2, 0) is 6.42 Å². The lowest BCUT2D eigenvalue weighted by atomic mass is 10.1. The second kappa shape index (κ2) is 5.23. The molecule has 72 valence electrons. The molecule has 0 bridgehead atoms. The molecule has 0 fully saturated rings. The van der Waals surface area contributed by atoms with Gasteiger partial charge in [-0.25, -0.2) is 4.39 Å². The van der Waals surface area contributed by atoms with E-state index in [1.165, 1.54) is 17.7 Å². The predicted molar refractivity (Wildman–Crippen MR) is 54.7 cm³/mol. The Hall–Kier alpha value is -0.560. The minimum atomic E-state index is -0.172. The zero-order valence-corrected chi connectivity index (χ0v) is 8.52. The van der Waals surface area contributed by atoms with E-state index in [1.807, 2.05) is 19.1 Å². The third-order valence-corrected chi connectivity index (χ3v) is 2.20. The Kier molecular flexibility index (Phi) is 4.23. The molecule has 0 radical (unpaired) electrons. The summed E-state index contributed by atoms with van der Waals surface area (Å²) in [6, 6.07) is 6.65. The third-order valence-electron chi connectivity index (χ3n) is 1.98. The van der Waals surface area contributed by atoms with Gasteiger partial charge < -0.3 is 0 Å². The quantitative estimate of drug-likeness (QED) is 0.649. The zero-order valence-electron chi connectivity index (χ0n) is 7.76. The number of alkyl halides is 1. The van der Waals surface area contributed by atoms with Gasteiger partial charge in [-0.1, -0.05) is 12.1 Å². The Balaban J connectivity index is 2.33. The first kappa shape index (κ1) is 10.5. The van der Waals surface area contributed by atoms with E-state index >= 15 is 0 Å². The van der Waals surface area contributed by atoms with Crippen LogP contribution in [0.3, 0.4) is 0 Å². The molecule has 0 N–H and O–H groups in total. The number of hydrogen-bond acceptors (Lipinski definition) is 0. The summed E-state index contributed by atoms with van der Waals surface area (Å²) < 4.78 is 12.5. The van der Waals surface area contributed by atoms with Crippen LogP contribution in [-0.4, -0.2) is 5.38 Å². The molecule has 0 aromatic heterocycles. The molecule has 0 saturated heterocycles. The van der Waals surface area contributed by atoms with Crippen molar-refractivity contribution in [2.24, 2.45) is 0 Å². The summed E-state index contributed by atoms with van der Waals surface area (Å²) in [5, 5.41) is 0.237. The normalized spacial score (nSPS) is 12.8. The van der Waals surface area contributed by atoms with Crippen LogP contribution < -0.4 is 0 Å². The lowest BCUT2D eigenvalue weighted by Gasteiger charge is -2.02. The predicted octanol–water partition coefficient (Wildman–Crippen LogP) is 3.78. The maximum Gasteiger partial charge on any atom is 0.123 e. The molecule has 0 amide bonds. The van der Waals surface area contributed by atoms with Gasteiger partial charge >= 0.3 is 0 Å². The van der Waals surface area contributed by atoms with Crippen molar-refractivity contribution in [1.82, 2.24) is 0 Å². The maximum absolute atomic E-state index is 12.5. The van der Waals surface area contributed by atoms with Crippen LogP contribution in [0.4, 0.5) is 4.39 Å². The number of halogens is 2. The molecule has 1 unspecified atom stereocenters. The summed E-state index contributed by atoms with van der Waals surface area (Å²) in [5.41, 5.74) is 1.18. The molecule has 0 aliphatic heterocycles. The maximum atomic E-state index is 12.5. The Morgan fingerprint density at radius 1 is 1.31 bits per heavy atom. The third kappa shape index (κ3) is 4.28. The van der Waals surface area contributed by atoms with E-state index in [0.717, 1.165) is 19.3 Å². The van der Waals surface area contributed by atoms with Gasteiger partial charge in [-0.3, -0.25) is 0 Å². The highest BCUT2D eigenvalue weighted by Gasteiger charge is 1.97. The second-order valence-electron chi connectivity index (χ2n) is 3.30. The molecule has 0 aliphatic carbocycles. The van der Waals surface area contributed by atoms with E-state index in [0.29, 0.717) is 0 Å². The first-order valence-corrected chi connectivity index (χ1v) is 5.00. The molecule has 2 heteroatoms. The second-order valence-corrected chi connectivity index (χ2v) is 4.04. The lowest BCUT2D eigenvalue weighted by Crippen LogP contribution is -1.93. The van der Waals surface area contributed by atoms with Gasteiger partial charge in [0.1, 0.15) is 5.82 Å². The highest BCUT2D eigenvalue weighted by atomic mass is 35.5. The average molecular weight is 201 g/mol. The van der Waals surface area contributed by atoms with Crippen molar-refractivity contribution in [1.29, 1.82) is 0 Å². The molecule has 0 saturated carbocycles. The van der Waals surface area contributed by atoms with Gasteiger partial charge in [0.2, 0.25) is 0 Å². The van der Waals surface area contributed by atoms with E-state index in [2.05, 4.69) is 0 Å². The molecule has 1 atom stereocenters. The smallest absolute Gasteiger partial charge is 0.123 e. The largest absolute Gasteiger partial charge is 0.207 e. The minimum absolute atomic E-state index is 0.172. The molecule has 0 nitrogen and oxygen atoms in total. The van der Waals surface area contributed by atoms with Crippen molar-refractivity contribution >= 4 is 11.6 Å². The van der Waals surface area contributed by atoms with Crippen LogP contribution in [0.25, 0.3) is 0 Å². The summed E-state index contributed by atoms with van der Waals surface area (Å²) in [5.74, 6) is -0.172. The molecule has 0 spiro atoms. The van der Waals surface area contributed by atoms with Crippen molar-refractivity contribution in [2.75, 3.05) is 0 Å². The van der Waals surface area contributed by atoms with Gasteiger partial charge in [-0.2, -0.15) is 0 Å². The minimum Gasteiger partial charge on any atom is -0.207 e. The SMILES string of the molecule is CC(Cl)CCCc1ccc(F)cc1. The number of benzene rings is 1. The van der Waals surface area contributed by atoms with Gasteiger partial charge in [0.25, 0.3) is 0 Å². The van der Waals surface area contributed by atoms with E-state index < -0.39 is 0 Å². The molecule has 0 aliphatic rings. The van der Waals surface area contributed by atoms with Gasteiger partial charge in [0.05, 0.1) is 0 Å². The molecule has 0 heterocycles. The Morgan fingerprint density at radius 3 is 2.46 bits per heavy atom. The fourth-order valence-corrected chi connectivity index (χ4v) is 1.39. The van der Waals surface area contributed by atoms with E-state index in [9.17, 15) is 4.39 Å². The average Bonchev–Trinajstić information content (AvgIpc) is 2.08. The van der Waals surface area contributed by atoms with Crippen molar-refractivity contribution in [2.45, 2.75) is 31.6 Å². The first-order valence-electron chi connectivity index (χ1n) is 4.57. The van der Waals surface area contributed by atoms with Crippen molar-refractivity contribution in [3.05, 3.63) is 35.6 Å². The zero-order chi connectivity index (χ0) is 9.68. The highest BCUT2D eigenvalue weighted by Crippen LogP contribution is 2.10. The van der Waals surface area contributed by atoms with Gasteiger partial charge in [-0.15, -0.1) is 11.6 Å². The summed E-state index contributed by atoms with van der Waals surface area (Å²) in [6.45, 7) is 1.99. The number of aryl methyl sites for hydroxylation is 1. The van der Waals surface area contributed by atoms with Crippen molar-refractivity contribution in [3.8, 4) is 0 Å². The number of hydrogen-bond donors (Lipinski definition) is 0. The van der Waals surface area contributed by atoms with Gasteiger partial charge in [0.15, 0.2) is 0 Å². The topological polar surface area (TPSA) is 0 Å². The molecule has 1 aromatic carbocycles. The molecular formula is C11H14ClF. The molecule has 1 aromatic rings. The number of rotatable bonds is 4. The molecule has 13 heavy (non-hydrogen) atoms. The summed E-state index contributed by atoms with van der Waals surface area (Å²) in [4.78, 5) is 0. The van der Waals surface area contributed by atoms with Crippen LogP contribution in [0.5, 0.6) is 0 Å². The lowest BCUT2D eigenvalue weighted by molar-refractivity contribution is 0.626. The molecule has 1 rings (SSSR count). The molecular weight excluding hydrogens is 187 g/mol. The van der Waals surface area contributed by atoms with E-state index in [4.69, 9.17) is 11.6 Å². The van der Waals surface area contributed by atoms with E-state index in [1.54, 1.807) is 0 Å². The summed E-state index contributed by atoms with van der Waals surface area (Å²) in [6.07, 6.45) is 3.06. The monoisotopic (exact) mass is 200 g/mol. The Labute approximate surface area is 83.7 Å². The van der Waals surface area contributed by atoms with Crippen LogP contribution in [0, 0.1) is 5.82 Å². The summed E-state index contributed by atoms with van der Waals surface area (Å²) >= 11 is 5.81. The standard InChI is InChI=1S/C11H14ClF/c1-9(12)3-2-4-10-5-7-11(13)8-6-10/h5-9H,2-4H2,1H3. The van der Waals surface area contributed by atoms with Crippen molar-refractivity contribution < 1.29 is 4.39 Å². The Morgan fingerprint density at radius 2 is 1.92 bits per heavy atom. The highest BCUT2D eigenvalue weighted by molar-refractivity contribution is 6.20. The fourth-order valence-electron chi connectivity index (χ4n) is 1.24. The van der Waals surface area contributed by atoms with Crippen LogP contribution >= 0.6 is 11.6 Å². The van der Waals surface area contributed by atoms with Crippen LogP contribution in [0.15, 0.2) is 24.3 Å².